The Labute approximate surface area is 198 Å². The molecule has 1 saturated heterocycles. The minimum absolute atomic E-state index is 0.0264. The Kier molecular flexibility index (Phi) is 8.17. The smallest absolute Gasteiger partial charge is 0.271 e. The fraction of sp³-hybridized carbons (Fsp3) is 0.364. The molecule has 0 saturated carbocycles. The number of carbonyl (C=O) groups is 2. The molecule has 11 heteroatoms. The summed E-state index contributed by atoms with van der Waals surface area (Å²) in [4.78, 5) is 25.1. The number of carbonyl (C=O) groups excluding carboxylic acids is 2. The van der Waals surface area contributed by atoms with Crippen LogP contribution in [0.1, 0.15) is 46.9 Å². The molecule has 178 valence electrons. The highest BCUT2D eigenvalue weighted by atomic mass is 35.5. The molecule has 1 fully saturated rings. The Bertz CT molecular complexity index is 1130. The Morgan fingerprint density at radius 3 is 2.36 bits per heavy atom. The third-order valence-electron chi connectivity index (χ3n) is 5.15. The van der Waals surface area contributed by atoms with Crippen LogP contribution in [-0.4, -0.2) is 51.3 Å². The number of ether oxygens (including phenoxy) is 2. The van der Waals surface area contributed by atoms with E-state index in [1.807, 2.05) is 6.92 Å². The van der Waals surface area contributed by atoms with Crippen molar-refractivity contribution in [1.82, 2.24) is 15.2 Å². The van der Waals surface area contributed by atoms with Crippen molar-refractivity contribution in [1.29, 1.82) is 0 Å². The standard InChI is InChI=1S/C22H26ClN3O6S/c1-3-32-19-10-7-15(13-20(19)31-2)21(27)24-25-22(28)17-14-16(8-9-18(17)23)33(29,30)26-11-5-4-6-12-26/h7-10,13-14H,3-6,11-12H2,1-2H3,(H,24,27)(H,25,28). The van der Waals surface area contributed by atoms with Gasteiger partial charge in [0.25, 0.3) is 11.8 Å². The summed E-state index contributed by atoms with van der Waals surface area (Å²) >= 11 is 6.13. The predicted molar refractivity (Wildman–Crippen MR) is 123 cm³/mol. The Balaban J connectivity index is 1.73. The van der Waals surface area contributed by atoms with E-state index in [1.54, 1.807) is 6.07 Å². The molecule has 0 radical (unpaired) electrons. The molecule has 0 atom stereocenters. The van der Waals surface area contributed by atoms with Crippen molar-refractivity contribution in [2.24, 2.45) is 0 Å². The average Bonchev–Trinajstić information content (AvgIpc) is 2.83. The van der Waals surface area contributed by atoms with E-state index in [9.17, 15) is 18.0 Å². The molecular weight excluding hydrogens is 470 g/mol. The molecule has 2 aromatic carbocycles. The lowest BCUT2D eigenvalue weighted by molar-refractivity contribution is 0.0846. The van der Waals surface area contributed by atoms with Gasteiger partial charge in [0, 0.05) is 18.7 Å². The van der Waals surface area contributed by atoms with E-state index >= 15 is 0 Å². The normalized spacial score (nSPS) is 14.4. The van der Waals surface area contributed by atoms with E-state index in [-0.39, 0.29) is 21.0 Å². The molecule has 9 nitrogen and oxygen atoms in total. The van der Waals surface area contributed by atoms with Crippen molar-refractivity contribution in [2.45, 2.75) is 31.1 Å². The number of hydrazine groups is 1. The highest BCUT2D eigenvalue weighted by Gasteiger charge is 2.27. The molecule has 1 aliphatic heterocycles. The maximum Gasteiger partial charge on any atom is 0.271 e. The van der Waals surface area contributed by atoms with Gasteiger partial charge in [0.2, 0.25) is 10.0 Å². The summed E-state index contributed by atoms with van der Waals surface area (Å²) in [6.07, 6.45) is 2.57. The van der Waals surface area contributed by atoms with Crippen molar-refractivity contribution in [3.05, 3.63) is 52.5 Å². The van der Waals surface area contributed by atoms with E-state index < -0.39 is 21.8 Å². The number of rotatable bonds is 7. The van der Waals surface area contributed by atoms with Gasteiger partial charge in [-0.3, -0.25) is 20.4 Å². The number of methoxy groups -OCH3 is 1. The molecule has 0 aromatic heterocycles. The van der Waals surface area contributed by atoms with E-state index in [2.05, 4.69) is 10.9 Å². The number of amides is 2. The number of halogens is 1. The quantitative estimate of drug-likeness (QED) is 0.571. The summed E-state index contributed by atoms with van der Waals surface area (Å²) in [5.41, 5.74) is 4.72. The monoisotopic (exact) mass is 495 g/mol. The lowest BCUT2D eigenvalue weighted by Crippen LogP contribution is -2.42. The summed E-state index contributed by atoms with van der Waals surface area (Å²) in [5.74, 6) is -0.492. The van der Waals surface area contributed by atoms with Gasteiger partial charge < -0.3 is 9.47 Å². The first-order chi connectivity index (χ1) is 15.8. The van der Waals surface area contributed by atoms with Gasteiger partial charge in [-0.2, -0.15) is 4.31 Å². The topological polar surface area (TPSA) is 114 Å². The molecule has 0 unspecified atom stereocenters. The molecule has 2 amide bonds. The number of hydrogen-bond donors (Lipinski definition) is 2. The fourth-order valence-electron chi connectivity index (χ4n) is 3.43. The van der Waals surface area contributed by atoms with Gasteiger partial charge in [-0.1, -0.05) is 18.0 Å². The molecular formula is C22H26ClN3O6S. The number of benzene rings is 2. The molecule has 0 spiro atoms. The molecule has 2 N–H and O–H groups in total. The minimum Gasteiger partial charge on any atom is -0.493 e. The predicted octanol–water partition coefficient (Wildman–Crippen LogP) is 3.00. The zero-order valence-corrected chi connectivity index (χ0v) is 20.0. The highest BCUT2D eigenvalue weighted by Crippen LogP contribution is 2.28. The van der Waals surface area contributed by atoms with Gasteiger partial charge in [0.15, 0.2) is 11.5 Å². The summed E-state index contributed by atoms with van der Waals surface area (Å²) in [6.45, 7) is 3.14. The van der Waals surface area contributed by atoms with Crippen molar-refractivity contribution in [3.8, 4) is 11.5 Å². The van der Waals surface area contributed by atoms with Crippen LogP contribution >= 0.6 is 11.6 Å². The van der Waals surface area contributed by atoms with Crippen LogP contribution in [0.15, 0.2) is 41.3 Å². The Morgan fingerprint density at radius 2 is 1.70 bits per heavy atom. The number of hydrogen-bond acceptors (Lipinski definition) is 6. The van der Waals surface area contributed by atoms with Crippen LogP contribution in [0.5, 0.6) is 11.5 Å². The molecule has 2 aromatic rings. The number of nitrogens with one attached hydrogen (secondary N) is 2. The van der Waals surface area contributed by atoms with Crippen LogP contribution in [-0.2, 0) is 10.0 Å². The Morgan fingerprint density at radius 1 is 1.00 bits per heavy atom. The number of sulfonamides is 1. The number of nitrogens with zero attached hydrogens (tertiary/aromatic N) is 1. The molecule has 1 aliphatic rings. The van der Waals surface area contributed by atoms with Gasteiger partial charge in [0.05, 0.1) is 29.2 Å². The first-order valence-electron chi connectivity index (χ1n) is 10.5. The molecule has 0 aliphatic carbocycles. The second-order valence-electron chi connectivity index (χ2n) is 7.31. The van der Waals surface area contributed by atoms with Crippen LogP contribution in [0, 0.1) is 0 Å². The lowest BCUT2D eigenvalue weighted by Gasteiger charge is -2.26. The SMILES string of the molecule is CCOc1ccc(C(=O)NNC(=O)c2cc(S(=O)(=O)N3CCCCC3)ccc2Cl)cc1OC. The molecule has 3 rings (SSSR count). The third kappa shape index (κ3) is 5.76. The summed E-state index contributed by atoms with van der Waals surface area (Å²) < 4.78 is 37.9. The maximum atomic E-state index is 12.9. The zero-order chi connectivity index (χ0) is 24.0. The Hall–Kier alpha value is -2.82. The van der Waals surface area contributed by atoms with Gasteiger partial charge >= 0.3 is 0 Å². The summed E-state index contributed by atoms with van der Waals surface area (Å²) in [6, 6.07) is 8.53. The summed E-state index contributed by atoms with van der Waals surface area (Å²) in [5, 5.41) is 0.0575. The summed E-state index contributed by atoms with van der Waals surface area (Å²) in [7, 11) is -2.29. The molecule has 0 bridgehead atoms. The van der Waals surface area contributed by atoms with Gasteiger partial charge in [-0.25, -0.2) is 8.42 Å². The van der Waals surface area contributed by atoms with Crippen molar-refractivity contribution < 1.29 is 27.5 Å². The van der Waals surface area contributed by atoms with Gasteiger partial charge in [0.1, 0.15) is 0 Å². The van der Waals surface area contributed by atoms with Crippen molar-refractivity contribution in [2.75, 3.05) is 26.8 Å². The number of piperidine rings is 1. The van der Waals surface area contributed by atoms with Gasteiger partial charge in [-0.05, 0) is 56.2 Å². The van der Waals surface area contributed by atoms with Crippen LogP contribution in [0.4, 0.5) is 0 Å². The maximum absolute atomic E-state index is 12.9. The van der Waals surface area contributed by atoms with Crippen molar-refractivity contribution >= 4 is 33.4 Å². The van der Waals surface area contributed by atoms with Crippen LogP contribution in [0.3, 0.4) is 0 Å². The van der Waals surface area contributed by atoms with Crippen molar-refractivity contribution in [3.63, 3.8) is 0 Å². The first kappa shape index (κ1) is 24.8. The van der Waals surface area contributed by atoms with Crippen LogP contribution in [0.2, 0.25) is 5.02 Å². The lowest BCUT2D eigenvalue weighted by atomic mass is 10.2. The fourth-order valence-corrected chi connectivity index (χ4v) is 5.18. The largest absolute Gasteiger partial charge is 0.493 e. The van der Waals surface area contributed by atoms with E-state index in [1.165, 1.54) is 41.7 Å². The zero-order valence-electron chi connectivity index (χ0n) is 18.4. The third-order valence-corrected chi connectivity index (χ3v) is 7.37. The second kappa shape index (κ2) is 10.9. The van der Waals surface area contributed by atoms with Crippen LogP contribution < -0.4 is 20.3 Å². The van der Waals surface area contributed by atoms with E-state index in [0.29, 0.717) is 31.2 Å². The highest BCUT2D eigenvalue weighted by molar-refractivity contribution is 7.89. The van der Waals surface area contributed by atoms with E-state index in [4.69, 9.17) is 21.1 Å². The second-order valence-corrected chi connectivity index (χ2v) is 9.66. The molecule has 33 heavy (non-hydrogen) atoms. The molecule has 1 heterocycles. The average molecular weight is 496 g/mol. The van der Waals surface area contributed by atoms with Gasteiger partial charge in [-0.15, -0.1) is 0 Å². The van der Waals surface area contributed by atoms with E-state index in [0.717, 1.165) is 19.3 Å². The first-order valence-corrected chi connectivity index (χ1v) is 12.3. The minimum atomic E-state index is -3.74. The van der Waals surface area contributed by atoms with Crippen LogP contribution in [0.25, 0.3) is 0 Å².